The van der Waals surface area contributed by atoms with Crippen molar-refractivity contribution in [3.63, 3.8) is 0 Å². The Morgan fingerprint density at radius 2 is 1.58 bits per heavy atom. The lowest BCUT2D eigenvalue weighted by Gasteiger charge is -2.59. The van der Waals surface area contributed by atoms with Crippen LogP contribution in [-0.4, -0.2) is 31.8 Å². The van der Waals surface area contributed by atoms with Gasteiger partial charge in [0, 0.05) is 11.5 Å². The summed E-state index contributed by atoms with van der Waals surface area (Å²) < 4.78 is 28.9. The van der Waals surface area contributed by atoms with E-state index >= 15 is 0 Å². The minimum Gasteiger partial charge on any atom is -0.369 e. The third-order valence-corrected chi connectivity index (χ3v) is 11.1. The maximum atomic E-state index is 13.5. The smallest absolute Gasteiger partial charge is 0.243 e. The van der Waals surface area contributed by atoms with E-state index in [4.69, 9.17) is 40.5 Å². The first-order valence-electron chi connectivity index (χ1n) is 11.2. The number of nitrogens with one attached hydrogen (secondary N) is 2. The average Bonchev–Trinajstić information content (AvgIpc) is 2.69. The third-order valence-electron chi connectivity index (χ3n) is 8.33. The molecule has 5 aliphatic rings. The quantitative estimate of drug-likeness (QED) is 0.483. The summed E-state index contributed by atoms with van der Waals surface area (Å²) in [6.45, 7) is 0. The molecule has 2 amide bonds. The molecule has 5 saturated carbocycles. The fraction of sp³-hybridized carbons (Fsp3) is 0.636. The number of halogens is 3. The average molecular weight is 535 g/mol. The zero-order valence-electron chi connectivity index (χ0n) is 17.9. The standard InChI is InChI=1S/C22H26Cl3N3O4S/c23-14-6-16(25)17(7-15(14)24)33(31,32)28-22(2-1-3-22)20(30)27-18-12-4-11-5-13(18)10-21(8-11,9-12)19(26)29/h6-7,11-13,18,28H,1-5,8-10H2,(H2,26,29)(H,27,30). The Morgan fingerprint density at radius 1 is 0.970 bits per heavy atom. The molecule has 4 N–H and O–H groups in total. The van der Waals surface area contributed by atoms with Gasteiger partial charge in [0.25, 0.3) is 0 Å². The van der Waals surface area contributed by atoms with Crippen molar-refractivity contribution in [2.75, 3.05) is 0 Å². The molecule has 5 aliphatic carbocycles. The van der Waals surface area contributed by atoms with Crippen LogP contribution in [0.2, 0.25) is 15.1 Å². The van der Waals surface area contributed by atoms with Crippen molar-refractivity contribution in [1.29, 1.82) is 0 Å². The highest BCUT2D eigenvalue weighted by Gasteiger charge is 2.59. The van der Waals surface area contributed by atoms with Crippen LogP contribution in [0, 0.1) is 23.2 Å². The lowest BCUT2D eigenvalue weighted by atomic mass is 9.47. The number of carbonyl (C=O) groups excluding carboxylic acids is 2. The highest BCUT2D eigenvalue weighted by molar-refractivity contribution is 7.89. The molecule has 5 fully saturated rings. The molecular formula is C22H26Cl3N3O4S. The number of amides is 2. The summed E-state index contributed by atoms with van der Waals surface area (Å²) >= 11 is 18.1. The zero-order chi connectivity index (χ0) is 23.8. The summed E-state index contributed by atoms with van der Waals surface area (Å²) in [5.74, 6) is 0.292. The molecule has 0 aromatic heterocycles. The van der Waals surface area contributed by atoms with Crippen LogP contribution in [0.1, 0.15) is 51.4 Å². The van der Waals surface area contributed by atoms with Gasteiger partial charge in [0.1, 0.15) is 10.4 Å². The molecule has 2 atom stereocenters. The number of carbonyl (C=O) groups is 2. The highest BCUT2D eigenvalue weighted by Crippen LogP contribution is 2.60. The Morgan fingerprint density at radius 3 is 2.12 bits per heavy atom. The molecule has 0 radical (unpaired) electrons. The van der Waals surface area contributed by atoms with Crippen LogP contribution >= 0.6 is 34.8 Å². The topological polar surface area (TPSA) is 118 Å². The Kier molecular flexibility index (Phi) is 5.73. The highest BCUT2D eigenvalue weighted by atomic mass is 35.5. The molecule has 0 spiro atoms. The molecule has 0 heterocycles. The number of rotatable bonds is 6. The van der Waals surface area contributed by atoms with Crippen molar-refractivity contribution in [3.05, 3.63) is 27.2 Å². The second-order valence-electron chi connectivity index (χ2n) is 10.4. The predicted molar refractivity (Wildman–Crippen MR) is 125 cm³/mol. The number of primary amides is 1. The van der Waals surface area contributed by atoms with E-state index in [0.717, 1.165) is 25.7 Å². The first kappa shape index (κ1) is 23.7. The van der Waals surface area contributed by atoms with Crippen LogP contribution in [0.25, 0.3) is 0 Å². The summed E-state index contributed by atoms with van der Waals surface area (Å²) in [6, 6.07) is 2.40. The number of sulfonamides is 1. The van der Waals surface area contributed by atoms with Crippen LogP contribution in [0.15, 0.2) is 17.0 Å². The normalized spacial score (nSPS) is 34.0. The van der Waals surface area contributed by atoms with Crippen molar-refractivity contribution in [3.8, 4) is 0 Å². The molecule has 180 valence electrons. The minimum absolute atomic E-state index is 0.0607. The van der Waals surface area contributed by atoms with Crippen LogP contribution in [-0.2, 0) is 19.6 Å². The Balaban J connectivity index is 1.35. The van der Waals surface area contributed by atoms with E-state index in [-0.39, 0.29) is 49.7 Å². The van der Waals surface area contributed by atoms with Crippen molar-refractivity contribution < 1.29 is 18.0 Å². The minimum atomic E-state index is -4.12. The first-order valence-corrected chi connectivity index (χ1v) is 13.9. The molecule has 0 saturated heterocycles. The van der Waals surface area contributed by atoms with E-state index in [1.807, 2.05) is 0 Å². The zero-order valence-corrected chi connectivity index (χ0v) is 21.0. The maximum absolute atomic E-state index is 13.5. The van der Waals surface area contributed by atoms with E-state index in [1.54, 1.807) is 0 Å². The van der Waals surface area contributed by atoms with Crippen LogP contribution in [0.4, 0.5) is 0 Å². The number of hydrogen-bond donors (Lipinski definition) is 3. The molecule has 2 unspecified atom stereocenters. The third kappa shape index (κ3) is 3.86. The number of hydrogen-bond acceptors (Lipinski definition) is 4. The largest absolute Gasteiger partial charge is 0.369 e. The summed E-state index contributed by atoms with van der Waals surface area (Å²) in [6.07, 6.45) is 5.69. The van der Waals surface area contributed by atoms with Gasteiger partial charge in [0.05, 0.1) is 15.1 Å². The molecule has 1 aromatic rings. The molecule has 6 rings (SSSR count). The van der Waals surface area contributed by atoms with E-state index in [0.29, 0.717) is 31.6 Å². The Bertz CT molecular complexity index is 1120. The fourth-order valence-corrected chi connectivity index (χ4v) is 9.21. The summed E-state index contributed by atoms with van der Waals surface area (Å²) in [5, 5.41) is 3.31. The van der Waals surface area contributed by atoms with Crippen molar-refractivity contribution >= 4 is 56.6 Å². The molecular weight excluding hydrogens is 509 g/mol. The predicted octanol–water partition coefficient (Wildman–Crippen LogP) is 3.64. The lowest BCUT2D eigenvalue weighted by Crippen LogP contribution is -2.68. The van der Waals surface area contributed by atoms with Gasteiger partial charge in [-0.25, -0.2) is 8.42 Å². The van der Waals surface area contributed by atoms with E-state index in [1.165, 1.54) is 12.1 Å². The van der Waals surface area contributed by atoms with Crippen LogP contribution in [0.5, 0.6) is 0 Å². The van der Waals surface area contributed by atoms with Gasteiger partial charge < -0.3 is 11.1 Å². The molecule has 7 nitrogen and oxygen atoms in total. The molecule has 33 heavy (non-hydrogen) atoms. The second-order valence-corrected chi connectivity index (χ2v) is 13.2. The van der Waals surface area contributed by atoms with Gasteiger partial charge in [-0.2, -0.15) is 4.72 Å². The van der Waals surface area contributed by atoms with Gasteiger partial charge in [-0.3, -0.25) is 9.59 Å². The van der Waals surface area contributed by atoms with Gasteiger partial charge in [0.2, 0.25) is 21.8 Å². The maximum Gasteiger partial charge on any atom is 0.243 e. The lowest BCUT2D eigenvalue weighted by molar-refractivity contribution is -0.149. The summed E-state index contributed by atoms with van der Waals surface area (Å²) in [4.78, 5) is 25.4. The van der Waals surface area contributed by atoms with E-state index in [2.05, 4.69) is 10.0 Å². The summed E-state index contributed by atoms with van der Waals surface area (Å²) in [5.41, 5.74) is 4.09. The van der Waals surface area contributed by atoms with Crippen LogP contribution in [0.3, 0.4) is 0 Å². The monoisotopic (exact) mass is 533 g/mol. The van der Waals surface area contributed by atoms with Gasteiger partial charge in [-0.1, -0.05) is 34.8 Å². The second kappa shape index (κ2) is 7.98. The van der Waals surface area contributed by atoms with Gasteiger partial charge in [0.15, 0.2) is 0 Å². The first-order chi connectivity index (χ1) is 15.4. The van der Waals surface area contributed by atoms with Crippen molar-refractivity contribution in [2.45, 2.75) is 67.8 Å². The number of benzene rings is 1. The van der Waals surface area contributed by atoms with Crippen LogP contribution < -0.4 is 15.8 Å². The van der Waals surface area contributed by atoms with Gasteiger partial charge >= 0.3 is 0 Å². The molecule has 11 heteroatoms. The SMILES string of the molecule is NC(=O)C12CC3CC(C1)C(NC(=O)C1(NS(=O)(=O)c4cc(Cl)c(Cl)cc4Cl)CCC1)C(C3)C2. The van der Waals surface area contributed by atoms with E-state index < -0.39 is 21.0 Å². The number of nitrogens with two attached hydrogens (primary N) is 1. The molecule has 4 bridgehead atoms. The molecule has 1 aromatic carbocycles. The van der Waals surface area contributed by atoms with Gasteiger partial charge in [-0.15, -0.1) is 0 Å². The fourth-order valence-electron chi connectivity index (χ4n) is 6.78. The van der Waals surface area contributed by atoms with Gasteiger partial charge in [-0.05, 0) is 81.3 Å². The molecule has 0 aliphatic heterocycles. The van der Waals surface area contributed by atoms with E-state index in [9.17, 15) is 18.0 Å². The Hall–Kier alpha value is -1.06. The summed E-state index contributed by atoms with van der Waals surface area (Å²) in [7, 11) is -4.12. The van der Waals surface area contributed by atoms with Crippen molar-refractivity contribution in [1.82, 2.24) is 10.0 Å². The van der Waals surface area contributed by atoms with Crippen molar-refractivity contribution in [2.24, 2.45) is 28.9 Å². The Labute approximate surface area is 208 Å².